The van der Waals surface area contributed by atoms with Crippen molar-refractivity contribution in [2.45, 2.75) is 24.7 Å². The van der Waals surface area contributed by atoms with E-state index in [1.807, 2.05) is 6.92 Å². The molecular weight excluding hydrogens is 332 g/mol. The van der Waals surface area contributed by atoms with Crippen LogP contribution in [-0.2, 0) is 14.8 Å². The fourth-order valence-electron chi connectivity index (χ4n) is 2.04. The van der Waals surface area contributed by atoms with Crippen molar-refractivity contribution in [3.05, 3.63) is 53.9 Å². The van der Waals surface area contributed by atoms with Gasteiger partial charge in [-0.1, -0.05) is 17.7 Å². The van der Waals surface area contributed by atoms with Crippen molar-refractivity contribution in [3.63, 3.8) is 0 Å². The fourth-order valence-corrected chi connectivity index (χ4v) is 3.23. The number of aliphatic carboxylic acids is 1. The molecule has 2 N–H and O–H groups in total. The lowest BCUT2D eigenvalue weighted by atomic mass is 10.2. The van der Waals surface area contributed by atoms with Gasteiger partial charge < -0.3 is 10.4 Å². The van der Waals surface area contributed by atoms with E-state index in [9.17, 15) is 18.0 Å². The first-order chi connectivity index (χ1) is 11.3. The van der Waals surface area contributed by atoms with Gasteiger partial charge in [-0.15, -0.1) is 0 Å². The zero-order valence-corrected chi connectivity index (χ0v) is 13.9. The summed E-state index contributed by atoms with van der Waals surface area (Å²) in [4.78, 5) is 22.5. The molecule has 1 aromatic heterocycles. The van der Waals surface area contributed by atoms with Crippen LogP contribution in [0.25, 0.3) is 0 Å². The van der Waals surface area contributed by atoms with E-state index >= 15 is 0 Å². The second-order valence-corrected chi connectivity index (χ2v) is 7.14. The minimum Gasteiger partial charge on any atom is -0.481 e. The van der Waals surface area contributed by atoms with E-state index < -0.39 is 21.9 Å². The Morgan fingerprint density at radius 1 is 1.17 bits per heavy atom. The first-order valence-corrected chi connectivity index (χ1v) is 8.75. The summed E-state index contributed by atoms with van der Waals surface area (Å²) in [5.41, 5.74) is 1.14. The Hall–Kier alpha value is -2.61. The molecule has 0 saturated heterocycles. The standard InChI is InChI=1S/C16H18N2O5S/c1-12-4-6-14(7-5-12)24(22,23)18-10-8-13(11-18)16(21)17-9-2-3-15(19)20/h4-8,10-11H,2-3,9H2,1H3,(H,17,21)(H,19,20). The molecule has 128 valence electrons. The molecule has 0 radical (unpaired) electrons. The quantitative estimate of drug-likeness (QED) is 0.738. The normalized spacial score (nSPS) is 11.2. The van der Waals surface area contributed by atoms with Crippen LogP contribution in [-0.4, -0.2) is 35.9 Å². The van der Waals surface area contributed by atoms with Gasteiger partial charge in [0, 0.05) is 25.4 Å². The van der Waals surface area contributed by atoms with Crippen molar-refractivity contribution < 1.29 is 23.1 Å². The van der Waals surface area contributed by atoms with Gasteiger partial charge in [-0.2, -0.15) is 0 Å². The summed E-state index contributed by atoms with van der Waals surface area (Å²) >= 11 is 0. The number of rotatable bonds is 7. The Morgan fingerprint density at radius 3 is 2.46 bits per heavy atom. The van der Waals surface area contributed by atoms with E-state index in [4.69, 9.17) is 5.11 Å². The molecule has 0 aliphatic rings. The van der Waals surface area contributed by atoms with Gasteiger partial charge in [0.25, 0.3) is 15.9 Å². The monoisotopic (exact) mass is 350 g/mol. The van der Waals surface area contributed by atoms with E-state index in [1.165, 1.54) is 30.6 Å². The van der Waals surface area contributed by atoms with Crippen LogP contribution in [0.2, 0.25) is 0 Å². The molecule has 0 spiro atoms. The number of hydrogen-bond acceptors (Lipinski definition) is 4. The van der Waals surface area contributed by atoms with Crippen LogP contribution < -0.4 is 5.32 Å². The Bertz CT molecular complexity index is 838. The highest BCUT2D eigenvalue weighted by Gasteiger charge is 2.18. The number of aromatic nitrogens is 1. The minimum atomic E-state index is -3.75. The molecule has 0 atom stereocenters. The van der Waals surface area contributed by atoms with Crippen LogP contribution >= 0.6 is 0 Å². The predicted octanol–water partition coefficient (Wildman–Crippen LogP) is 1.63. The average molecular weight is 350 g/mol. The van der Waals surface area contributed by atoms with E-state index in [-0.39, 0.29) is 23.4 Å². The van der Waals surface area contributed by atoms with Crippen molar-refractivity contribution in [2.75, 3.05) is 6.54 Å². The van der Waals surface area contributed by atoms with Crippen LogP contribution in [0, 0.1) is 6.92 Å². The van der Waals surface area contributed by atoms with Crippen molar-refractivity contribution in [1.82, 2.24) is 9.29 Å². The lowest BCUT2D eigenvalue weighted by molar-refractivity contribution is -0.137. The number of carboxylic acid groups (broad SMARTS) is 1. The van der Waals surface area contributed by atoms with Gasteiger partial charge in [0.15, 0.2) is 0 Å². The third-order valence-corrected chi connectivity index (χ3v) is 5.03. The molecule has 2 aromatic rings. The van der Waals surface area contributed by atoms with E-state index in [0.29, 0.717) is 6.42 Å². The smallest absolute Gasteiger partial charge is 0.303 e. The molecule has 0 bridgehead atoms. The molecule has 1 aromatic carbocycles. The second-order valence-electron chi connectivity index (χ2n) is 5.30. The fraction of sp³-hybridized carbons (Fsp3) is 0.250. The number of nitrogens with zero attached hydrogens (tertiary/aromatic N) is 1. The molecule has 0 aliphatic carbocycles. The highest BCUT2D eigenvalue weighted by Crippen LogP contribution is 2.16. The third kappa shape index (κ3) is 4.23. The first-order valence-electron chi connectivity index (χ1n) is 7.31. The first kappa shape index (κ1) is 17.7. The SMILES string of the molecule is Cc1ccc(S(=O)(=O)n2ccc(C(=O)NCCCC(=O)O)c2)cc1. The van der Waals surface area contributed by atoms with Crippen LogP contribution in [0.3, 0.4) is 0 Å². The maximum atomic E-state index is 12.5. The van der Waals surface area contributed by atoms with Crippen molar-refractivity contribution in [1.29, 1.82) is 0 Å². The van der Waals surface area contributed by atoms with Gasteiger partial charge in [0.1, 0.15) is 0 Å². The van der Waals surface area contributed by atoms with Crippen LogP contribution in [0.1, 0.15) is 28.8 Å². The number of carboxylic acids is 1. The summed E-state index contributed by atoms with van der Waals surface area (Å²) in [7, 11) is -3.75. The molecular formula is C16H18N2O5S. The summed E-state index contributed by atoms with van der Waals surface area (Å²) < 4.78 is 26.0. The number of benzene rings is 1. The number of aryl methyl sites for hydroxylation is 1. The van der Waals surface area contributed by atoms with E-state index in [0.717, 1.165) is 9.54 Å². The Kier molecular flexibility index (Phi) is 5.40. The maximum absolute atomic E-state index is 12.5. The number of amides is 1. The zero-order chi connectivity index (χ0) is 17.7. The molecule has 1 amide bonds. The lowest BCUT2D eigenvalue weighted by Gasteiger charge is -2.06. The molecule has 0 aliphatic heterocycles. The summed E-state index contributed by atoms with van der Waals surface area (Å²) in [6, 6.07) is 7.82. The van der Waals surface area contributed by atoms with Crippen LogP contribution in [0.15, 0.2) is 47.6 Å². The van der Waals surface area contributed by atoms with Gasteiger partial charge in [-0.3, -0.25) is 9.59 Å². The molecule has 0 saturated carbocycles. The van der Waals surface area contributed by atoms with Crippen LogP contribution in [0.4, 0.5) is 0 Å². The maximum Gasteiger partial charge on any atom is 0.303 e. The average Bonchev–Trinajstić information content (AvgIpc) is 3.02. The van der Waals surface area contributed by atoms with Crippen molar-refractivity contribution in [3.8, 4) is 0 Å². The van der Waals surface area contributed by atoms with Crippen molar-refractivity contribution >= 4 is 21.9 Å². The summed E-state index contributed by atoms with van der Waals surface area (Å²) in [6.45, 7) is 2.07. The Morgan fingerprint density at radius 2 is 1.83 bits per heavy atom. The molecule has 24 heavy (non-hydrogen) atoms. The molecule has 2 rings (SSSR count). The molecule has 8 heteroatoms. The largest absolute Gasteiger partial charge is 0.481 e. The summed E-state index contributed by atoms with van der Waals surface area (Å²) in [6.07, 6.45) is 2.82. The topological polar surface area (TPSA) is 105 Å². The van der Waals surface area contributed by atoms with Gasteiger partial charge >= 0.3 is 5.97 Å². The van der Waals surface area contributed by atoms with Gasteiger partial charge in [-0.25, -0.2) is 12.4 Å². The number of carbonyl (C=O) groups excluding carboxylic acids is 1. The zero-order valence-electron chi connectivity index (χ0n) is 13.1. The second kappa shape index (κ2) is 7.31. The number of nitrogens with one attached hydrogen (secondary N) is 1. The predicted molar refractivity (Wildman–Crippen MR) is 87.4 cm³/mol. The molecule has 0 unspecified atom stereocenters. The van der Waals surface area contributed by atoms with E-state index in [2.05, 4.69) is 5.32 Å². The molecule has 7 nitrogen and oxygen atoms in total. The lowest BCUT2D eigenvalue weighted by Crippen LogP contribution is -2.24. The number of hydrogen-bond donors (Lipinski definition) is 2. The van der Waals surface area contributed by atoms with Gasteiger partial charge in [0.05, 0.1) is 10.5 Å². The highest BCUT2D eigenvalue weighted by atomic mass is 32.2. The van der Waals surface area contributed by atoms with Crippen LogP contribution in [0.5, 0.6) is 0 Å². The van der Waals surface area contributed by atoms with Gasteiger partial charge in [0.2, 0.25) is 0 Å². The Labute approximate surface area is 140 Å². The van der Waals surface area contributed by atoms with Gasteiger partial charge in [-0.05, 0) is 31.5 Å². The number of carbonyl (C=O) groups is 2. The van der Waals surface area contributed by atoms with Crippen molar-refractivity contribution in [2.24, 2.45) is 0 Å². The molecule has 1 heterocycles. The minimum absolute atomic E-state index is 0.0386. The summed E-state index contributed by atoms with van der Waals surface area (Å²) in [5, 5.41) is 11.1. The third-order valence-electron chi connectivity index (χ3n) is 3.38. The highest BCUT2D eigenvalue weighted by molar-refractivity contribution is 7.90. The summed E-state index contributed by atoms with van der Waals surface area (Å²) in [5.74, 6) is -1.38. The Balaban J connectivity index is 2.08. The molecule has 0 fully saturated rings. The van der Waals surface area contributed by atoms with E-state index in [1.54, 1.807) is 12.1 Å².